The van der Waals surface area contributed by atoms with Gasteiger partial charge < -0.3 is 14.4 Å². The van der Waals surface area contributed by atoms with E-state index in [4.69, 9.17) is 16.1 Å². The molecule has 1 saturated heterocycles. The van der Waals surface area contributed by atoms with Crippen LogP contribution in [-0.4, -0.2) is 34.0 Å². The highest BCUT2D eigenvalue weighted by atomic mass is 35.5. The van der Waals surface area contributed by atoms with E-state index in [0.717, 1.165) is 41.9 Å². The number of piperidine rings is 1. The van der Waals surface area contributed by atoms with E-state index in [1.54, 1.807) is 4.90 Å². The zero-order valence-electron chi connectivity index (χ0n) is 17.1. The number of benzene rings is 2. The molecule has 3 heterocycles. The van der Waals surface area contributed by atoms with E-state index in [1.807, 2.05) is 24.4 Å². The Labute approximate surface area is 188 Å². The molecule has 164 valence electrons. The number of fused-ring (bicyclic) bond motifs is 1. The van der Waals surface area contributed by atoms with Crippen LogP contribution in [0.1, 0.15) is 46.1 Å². The third-order valence-electron chi connectivity index (χ3n) is 6.05. The minimum atomic E-state index is -0.531. The van der Waals surface area contributed by atoms with Gasteiger partial charge in [0.2, 0.25) is 0 Å². The molecule has 2 aromatic heterocycles. The lowest BCUT2D eigenvalue weighted by atomic mass is 9.89. The molecule has 1 amide bonds. The van der Waals surface area contributed by atoms with E-state index in [-0.39, 0.29) is 23.6 Å². The van der Waals surface area contributed by atoms with Crippen LogP contribution in [-0.2, 0) is 6.42 Å². The molecule has 0 spiro atoms. The molecule has 4 aromatic rings. The summed E-state index contributed by atoms with van der Waals surface area (Å²) >= 11 is 6.17. The van der Waals surface area contributed by atoms with Crippen LogP contribution in [0.25, 0.3) is 10.9 Å². The number of aromatic amines is 1. The van der Waals surface area contributed by atoms with Crippen LogP contribution in [0.5, 0.6) is 0 Å². The van der Waals surface area contributed by atoms with Crippen LogP contribution < -0.4 is 0 Å². The molecule has 0 aliphatic carbocycles. The molecule has 0 atom stereocenters. The summed E-state index contributed by atoms with van der Waals surface area (Å²) in [6.45, 7) is 1.19. The molecule has 1 fully saturated rings. The van der Waals surface area contributed by atoms with Crippen LogP contribution in [0.3, 0.4) is 0 Å². The van der Waals surface area contributed by atoms with Crippen molar-refractivity contribution in [1.82, 2.24) is 15.0 Å². The molecule has 8 heteroatoms. The monoisotopic (exact) mass is 455 g/mol. The van der Waals surface area contributed by atoms with Gasteiger partial charge in [-0.25, -0.2) is 8.78 Å². The first-order valence-corrected chi connectivity index (χ1v) is 10.8. The van der Waals surface area contributed by atoms with Crippen LogP contribution in [0, 0.1) is 11.6 Å². The molecule has 2 aromatic carbocycles. The zero-order valence-corrected chi connectivity index (χ0v) is 17.8. The van der Waals surface area contributed by atoms with E-state index >= 15 is 0 Å². The van der Waals surface area contributed by atoms with Crippen molar-refractivity contribution in [3.05, 3.63) is 87.9 Å². The largest absolute Gasteiger partial charge is 0.361 e. The number of amides is 1. The Balaban J connectivity index is 1.25. The highest BCUT2D eigenvalue weighted by molar-refractivity contribution is 6.31. The Kier molecular flexibility index (Phi) is 5.43. The summed E-state index contributed by atoms with van der Waals surface area (Å²) in [6, 6.07) is 10.5. The Hall–Kier alpha value is -3.19. The predicted octanol–water partition coefficient (Wildman–Crippen LogP) is 5.70. The van der Waals surface area contributed by atoms with Crippen molar-refractivity contribution < 1.29 is 18.1 Å². The summed E-state index contributed by atoms with van der Waals surface area (Å²) in [4.78, 5) is 17.9. The van der Waals surface area contributed by atoms with Crippen molar-refractivity contribution in [1.29, 1.82) is 0 Å². The van der Waals surface area contributed by atoms with Gasteiger partial charge in [-0.15, -0.1) is 0 Å². The lowest BCUT2D eigenvalue weighted by molar-refractivity contribution is 0.0702. The Morgan fingerprint density at radius 3 is 2.78 bits per heavy atom. The maximum Gasteiger partial charge on any atom is 0.276 e. The van der Waals surface area contributed by atoms with Crippen LogP contribution in [0.15, 0.2) is 53.2 Å². The number of rotatable bonds is 4. The van der Waals surface area contributed by atoms with Crippen LogP contribution >= 0.6 is 11.6 Å². The van der Waals surface area contributed by atoms with Gasteiger partial charge in [-0.05, 0) is 66.3 Å². The third kappa shape index (κ3) is 4.00. The SMILES string of the molecule is O=C(c1cc(Cc2cc(F)ccc2F)on1)N1CCC(c2c[nH]c3ccc(Cl)cc23)CC1. The van der Waals surface area contributed by atoms with Gasteiger partial charge >= 0.3 is 0 Å². The lowest BCUT2D eigenvalue weighted by Gasteiger charge is -2.31. The lowest BCUT2D eigenvalue weighted by Crippen LogP contribution is -2.38. The summed E-state index contributed by atoms with van der Waals surface area (Å²) in [6.07, 6.45) is 3.70. The van der Waals surface area contributed by atoms with Gasteiger partial charge in [-0.2, -0.15) is 0 Å². The molecule has 0 unspecified atom stereocenters. The quantitative estimate of drug-likeness (QED) is 0.429. The maximum atomic E-state index is 13.9. The number of carbonyl (C=O) groups is 1. The second kappa shape index (κ2) is 8.39. The molecule has 5 rings (SSSR count). The number of hydrogen-bond donors (Lipinski definition) is 1. The van der Waals surface area contributed by atoms with E-state index in [1.165, 1.54) is 11.6 Å². The molecular weight excluding hydrogens is 436 g/mol. The zero-order chi connectivity index (χ0) is 22.2. The smallest absolute Gasteiger partial charge is 0.276 e. The van der Waals surface area contributed by atoms with Crippen LogP contribution in [0.4, 0.5) is 8.78 Å². The topological polar surface area (TPSA) is 62.1 Å². The third-order valence-corrected chi connectivity index (χ3v) is 6.28. The van der Waals surface area contributed by atoms with Crippen molar-refractivity contribution >= 4 is 28.4 Å². The van der Waals surface area contributed by atoms with Gasteiger partial charge in [0.15, 0.2) is 5.69 Å². The van der Waals surface area contributed by atoms with E-state index < -0.39 is 11.6 Å². The minimum absolute atomic E-state index is 0.0229. The number of hydrogen-bond acceptors (Lipinski definition) is 3. The molecule has 1 N–H and O–H groups in total. The number of carbonyl (C=O) groups excluding carboxylic acids is 1. The van der Waals surface area contributed by atoms with Crippen molar-refractivity contribution in [3.8, 4) is 0 Å². The summed E-state index contributed by atoms with van der Waals surface area (Å²) in [5.74, 6) is -0.646. The number of likely N-dealkylation sites (tertiary alicyclic amines) is 1. The average Bonchev–Trinajstić information content (AvgIpc) is 3.43. The molecule has 0 saturated carbocycles. The standard InChI is InChI=1S/C24H20ClF2N3O2/c25-16-1-4-22-19(11-16)20(13-28-22)14-5-7-30(8-6-14)24(31)23-12-18(32-29-23)10-15-9-17(26)2-3-21(15)27/h1-4,9,11-14,28H,5-8,10H2. The second-order valence-corrected chi connectivity index (χ2v) is 8.53. The highest BCUT2D eigenvalue weighted by Crippen LogP contribution is 2.34. The van der Waals surface area contributed by atoms with Gasteiger partial charge in [0.05, 0.1) is 0 Å². The van der Waals surface area contributed by atoms with Crippen molar-refractivity contribution in [3.63, 3.8) is 0 Å². The van der Waals surface area contributed by atoms with Crippen molar-refractivity contribution in [2.45, 2.75) is 25.2 Å². The summed E-state index contributed by atoms with van der Waals surface area (Å²) < 4.78 is 32.5. The van der Waals surface area contributed by atoms with Crippen molar-refractivity contribution in [2.24, 2.45) is 0 Å². The second-order valence-electron chi connectivity index (χ2n) is 8.09. The normalized spacial score (nSPS) is 14.9. The fourth-order valence-corrected chi connectivity index (χ4v) is 4.54. The maximum absolute atomic E-state index is 13.9. The number of halogens is 3. The molecule has 0 bridgehead atoms. The van der Waals surface area contributed by atoms with Crippen molar-refractivity contribution in [2.75, 3.05) is 13.1 Å². The molecular formula is C24H20ClF2N3O2. The van der Waals surface area contributed by atoms with Gasteiger partial charge in [-0.3, -0.25) is 4.79 Å². The molecule has 0 radical (unpaired) electrons. The molecule has 32 heavy (non-hydrogen) atoms. The summed E-state index contributed by atoms with van der Waals surface area (Å²) in [5.41, 5.74) is 2.59. The number of H-pyrrole nitrogens is 1. The van der Waals surface area contributed by atoms with Gasteiger partial charge in [0.25, 0.3) is 5.91 Å². The number of aromatic nitrogens is 2. The average molecular weight is 456 g/mol. The van der Waals surface area contributed by atoms with E-state index in [0.29, 0.717) is 29.8 Å². The fourth-order valence-electron chi connectivity index (χ4n) is 4.37. The predicted molar refractivity (Wildman–Crippen MR) is 117 cm³/mol. The fraction of sp³-hybridized carbons (Fsp3) is 0.250. The Morgan fingerprint density at radius 2 is 1.97 bits per heavy atom. The Morgan fingerprint density at radius 1 is 1.16 bits per heavy atom. The first kappa shape index (κ1) is 20.7. The number of nitrogens with zero attached hydrogens (tertiary/aromatic N) is 2. The van der Waals surface area contributed by atoms with E-state index in [9.17, 15) is 13.6 Å². The molecule has 5 nitrogen and oxygen atoms in total. The first-order valence-electron chi connectivity index (χ1n) is 10.4. The van der Waals surface area contributed by atoms with Crippen LogP contribution in [0.2, 0.25) is 5.02 Å². The molecule has 1 aliphatic rings. The first-order chi connectivity index (χ1) is 15.5. The summed E-state index contributed by atoms with van der Waals surface area (Å²) in [7, 11) is 0. The summed E-state index contributed by atoms with van der Waals surface area (Å²) in [5, 5.41) is 5.68. The number of nitrogens with one attached hydrogen (secondary N) is 1. The highest BCUT2D eigenvalue weighted by Gasteiger charge is 2.28. The van der Waals surface area contributed by atoms with Gasteiger partial charge in [0.1, 0.15) is 17.4 Å². The Bertz CT molecular complexity index is 1290. The minimum Gasteiger partial charge on any atom is -0.361 e. The van der Waals surface area contributed by atoms with E-state index in [2.05, 4.69) is 10.1 Å². The van der Waals surface area contributed by atoms with Gasteiger partial charge in [0, 0.05) is 47.7 Å². The van der Waals surface area contributed by atoms with Gasteiger partial charge in [-0.1, -0.05) is 16.8 Å². The molecule has 1 aliphatic heterocycles.